The van der Waals surface area contributed by atoms with E-state index in [0.29, 0.717) is 29.5 Å². The molecule has 0 aromatic heterocycles. The highest BCUT2D eigenvalue weighted by Crippen LogP contribution is 2.68. The number of carbonyl (C=O) groups excluding carboxylic acids is 1. The lowest BCUT2D eigenvalue weighted by molar-refractivity contribution is -0.154. The number of carbonyl (C=O) groups is 1. The zero-order chi connectivity index (χ0) is 16.6. The van der Waals surface area contributed by atoms with E-state index in [0.717, 1.165) is 44.9 Å². The molecule has 0 radical (unpaired) electrons. The summed E-state index contributed by atoms with van der Waals surface area (Å²) in [5.41, 5.74) is -0.0954. The molecule has 1 N–H and O–H groups in total. The third-order valence-corrected chi connectivity index (χ3v) is 9.58. The second-order valence-corrected chi connectivity index (χ2v) is 10.3. The fourth-order valence-electron chi connectivity index (χ4n) is 7.23. The van der Waals surface area contributed by atoms with E-state index in [1.165, 1.54) is 6.42 Å². The van der Waals surface area contributed by atoms with E-state index in [4.69, 9.17) is 11.6 Å². The topological polar surface area (TPSA) is 37.3 Å². The van der Waals surface area contributed by atoms with Crippen LogP contribution >= 0.6 is 11.6 Å². The van der Waals surface area contributed by atoms with Crippen LogP contribution in [0, 0.1) is 34.5 Å². The smallest absolute Gasteiger partial charge is 0.139 e. The Bertz CT molecular complexity index is 534. The lowest BCUT2D eigenvalue weighted by Crippen LogP contribution is -2.65. The second kappa shape index (κ2) is 4.97. The maximum atomic E-state index is 12.5. The van der Waals surface area contributed by atoms with Crippen LogP contribution in [0.1, 0.15) is 72.1 Å². The van der Waals surface area contributed by atoms with Gasteiger partial charge in [-0.25, -0.2) is 0 Å². The summed E-state index contributed by atoms with van der Waals surface area (Å²) in [4.78, 5) is 12.0. The minimum atomic E-state index is -0.456. The zero-order valence-corrected chi connectivity index (χ0v) is 15.5. The lowest BCUT2D eigenvalue weighted by atomic mass is 9.43. The summed E-state index contributed by atoms with van der Waals surface area (Å²) in [6, 6.07) is 0. The molecule has 0 aromatic rings. The first kappa shape index (κ1) is 16.4. The summed E-state index contributed by atoms with van der Waals surface area (Å²) in [6.07, 6.45) is 7.62. The molecule has 1 unspecified atom stereocenters. The summed E-state index contributed by atoms with van der Waals surface area (Å²) in [7, 11) is 0. The Balaban J connectivity index is 1.72. The Morgan fingerprint density at radius 2 is 1.87 bits per heavy atom. The molecule has 4 fully saturated rings. The highest BCUT2D eigenvalue weighted by Gasteiger charge is 2.66. The van der Waals surface area contributed by atoms with Gasteiger partial charge in [-0.2, -0.15) is 0 Å². The minimum absolute atomic E-state index is 0.0242. The summed E-state index contributed by atoms with van der Waals surface area (Å²) >= 11 is 7.17. The highest BCUT2D eigenvalue weighted by molar-refractivity contribution is 6.25. The largest absolute Gasteiger partial charge is 0.391 e. The van der Waals surface area contributed by atoms with Gasteiger partial charge < -0.3 is 5.11 Å². The molecule has 4 aliphatic rings. The Morgan fingerprint density at radius 3 is 2.61 bits per heavy atom. The van der Waals surface area contributed by atoms with Gasteiger partial charge in [0, 0.05) is 11.8 Å². The molecule has 23 heavy (non-hydrogen) atoms. The summed E-state index contributed by atoms with van der Waals surface area (Å²) in [5.74, 6) is 2.62. The van der Waals surface area contributed by atoms with E-state index in [1.807, 2.05) is 0 Å². The van der Waals surface area contributed by atoms with Crippen LogP contribution in [-0.2, 0) is 4.79 Å². The van der Waals surface area contributed by atoms with Gasteiger partial charge in [-0.15, -0.1) is 11.6 Å². The minimum Gasteiger partial charge on any atom is -0.391 e. The van der Waals surface area contributed by atoms with Crippen LogP contribution in [0.25, 0.3) is 0 Å². The van der Waals surface area contributed by atoms with Gasteiger partial charge in [0.1, 0.15) is 5.78 Å². The molecule has 0 aliphatic heterocycles. The standard InChI is InChI=1S/C20H31ClO2/c1-12-6-9-19(3)15-7-8-18(2)14(4-5-16(18)22)13(15)10-17(23)20(19,21)11-12/h12-15,17,23H,4-11H2,1-3H3/t12?,13-,14-,15-,17+,18-,19+,20-/m0/s1. The molecule has 4 rings (SSSR count). The van der Waals surface area contributed by atoms with Gasteiger partial charge in [0.05, 0.1) is 11.0 Å². The number of hydrogen-bond donors (Lipinski definition) is 1. The van der Waals surface area contributed by atoms with Crippen molar-refractivity contribution in [2.45, 2.75) is 83.1 Å². The van der Waals surface area contributed by atoms with Crippen LogP contribution in [0.4, 0.5) is 0 Å². The number of aliphatic hydroxyl groups excluding tert-OH is 1. The van der Waals surface area contributed by atoms with Crippen LogP contribution in [0.3, 0.4) is 0 Å². The van der Waals surface area contributed by atoms with Crippen LogP contribution in [0.15, 0.2) is 0 Å². The number of ketones is 1. The SMILES string of the molecule is CC1CC[C@]2(C)[C@H]3CC[C@]4(C)C(=O)CC[C@H]4[C@@H]3C[C@@H](O)[C@@]2(Cl)C1. The van der Waals surface area contributed by atoms with Gasteiger partial charge in [0.25, 0.3) is 0 Å². The second-order valence-electron chi connectivity index (χ2n) is 9.67. The number of aliphatic hydroxyl groups is 1. The van der Waals surface area contributed by atoms with Crippen LogP contribution in [-0.4, -0.2) is 21.9 Å². The Hall–Kier alpha value is -0.0800. The molecule has 0 bridgehead atoms. The predicted octanol–water partition coefficient (Wildman–Crippen LogP) is 4.57. The van der Waals surface area contributed by atoms with Crippen molar-refractivity contribution >= 4 is 17.4 Å². The summed E-state index contributed by atoms with van der Waals surface area (Å²) in [6.45, 7) is 6.82. The Morgan fingerprint density at radius 1 is 1.13 bits per heavy atom. The van der Waals surface area contributed by atoms with Crippen molar-refractivity contribution < 1.29 is 9.90 Å². The van der Waals surface area contributed by atoms with Gasteiger partial charge in [-0.3, -0.25) is 4.79 Å². The molecule has 4 saturated carbocycles. The number of fused-ring (bicyclic) bond motifs is 5. The molecule has 3 heteroatoms. The highest BCUT2D eigenvalue weighted by atomic mass is 35.5. The molecular weight excluding hydrogens is 308 g/mol. The van der Waals surface area contributed by atoms with Crippen molar-refractivity contribution in [2.24, 2.45) is 34.5 Å². The molecule has 2 nitrogen and oxygen atoms in total. The monoisotopic (exact) mass is 338 g/mol. The Labute approximate surface area is 145 Å². The first-order valence-electron chi connectivity index (χ1n) is 9.63. The van der Waals surface area contributed by atoms with Crippen molar-refractivity contribution in [3.05, 3.63) is 0 Å². The fourth-order valence-corrected chi connectivity index (χ4v) is 7.82. The maximum absolute atomic E-state index is 12.5. The molecule has 0 spiro atoms. The first-order valence-corrected chi connectivity index (χ1v) is 10.0. The van der Waals surface area contributed by atoms with E-state index in [9.17, 15) is 9.90 Å². The first-order chi connectivity index (χ1) is 10.7. The number of alkyl halides is 1. The lowest BCUT2D eigenvalue weighted by Gasteiger charge is -2.64. The molecule has 4 aliphatic carbocycles. The number of hydrogen-bond acceptors (Lipinski definition) is 2. The maximum Gasteiger partial charge on any atom is 0.139 e. The fraction of sp³-hybridized carbons (Fsp3) is 0.950. The van der Waals surface area contributed by atoms with Crippen molar-refractivity contribution in [1.29, 1.82) is 0 Å². The van der Waals surface area contributed by atoms with E-state index >= 15 is 0 Å². The predicted molar refractivity (Wildman–Crippen MR) is 92.4 cm³/mol. The average Bonchev–Trinajstić information content (AvgIpc) is 2.79. The molecule has 130 valence electrons. The molecule has 0 saturated heterocycles. The van der Waals surface area contributed by atoms with Crippen molar-refractivity contribution in [3.63, 3.8) is 0 Å². The molecule has 8 atom stereocenters. The quantitative estimate of drug-likeness (QED) is 0.657. The van der Waals surface area contributed by atoms with Crippen molar-refractivity contribution in [1.82, 2.24) is 0 Å². The van der Waals surface area contributed by atoms with E-state index in [2.05, 4.69) is 20.8 Å². The van der Waals surface area contributed by atoms with Crippen LogP contribution in [0.2, 0.25) is 0 Å². The number of rotatable bonds is 0. The van der Waals surface area contributed by atoms with Gasteiger partial charge in [-0.05, 0) is 67.6 Å². The van der Waals surface area contributed by atoms with E-state index in [1.54, 1.807) is 0 Å². The van der Waals surface area contributed by atoms with Crippen molar-refractivity contribution in [2.75, 3.05) is 0 Å². The zero-order valence-electron chi connectivity index (χ0n) is 14.8. The number of Topliss-reactive ketones (excluding diaryl/α,β-unsaturated/α-hetero) is 1. The molecule has 0 heterocycles. The Kier molecular flexibility index (Phi) is 3.54. The molecule has 0 amide bonds. The summed E-state index contributed by atoms with van der Waals surface area (Å²) < 4.78 is 0. The van der Waals surface area contributed by atoms with Crippen molar-refractivity contribution in [3.8, 4) is 0 Å². The van der Waals surface area contributed by atoms with Gasteiger partial charge in [-0.1, -0.05) is 27.2 Å². The molecule has 0 aromatic carbocycles. The van der Waals surface area contributed by atoms with Gasteiger partial charge in [0.2, 0.25) is 0 Å². The van der Waals surface area contributed by atoms with E-state index < -0.39 is 11.0 Å². The third-order valence-electron chi connectivity index (χ3n) is 8.74. The van der Waals surface area contributed by atoms with E-state index in [-0.39, 0.29) is 10.8 Å². The summed E-state index contributed by atoms with van der Waals surface area (Å²) in [5, 5.41) is 11.0. The number of halogens is 1. The van der Waals surface area contributed by atoms with Gasteiger partial charge >= 0.3 is 0 Å². The van der Waals surface area contributed by atoms with Crippen LogP contribution in [0.5, 0.6) is 0 Å². The van der Waals surface area contributed by atoms with Gasteiger partial charge in [0.15, 0.2) is 0 Å². The average molecular weight is 339 g/mol. The third kappa shape index (κ3) is 1.94. The normalized spacial score (nSPS) is 59.2. The molecular formula is C20H31ClO2. The van der Waals surface area contributed by atoms with Crippen LogP contribution < -0.4 is 0 Å².